The lowest BCUT2D eigenvalue weighted by Crippen LogP contribution is -2.38. The molecule has 114 valence electrons. The number of unbranched alkanes of at least 4 members (excludes halogenated alkanes) is 1. The minimum absolute atomic E-state index is 0.0547. The van der Waals surface area contributed by atoms with E-state index in [1.54, 1.807) is 0 Å². The first-order valence-corrected chi connectivity index (χ1v) is 8.00. The van der Waals surface area contributed by atoms with Gasteiger partial charge in [-0.05, 0) is 41.8 Å². The second-order valence-corrected chi connectivity index (χ2v) is 6.00. The maximum atomic E-state index is 11.8. The third-order valence-corrected chi connectivity index (χ3v) is 4.12. The Bertz CT molecular complexity index is 699. The van der Waals surface area contributed by atoms with E-state index in [2.05, 4.69) is 23.2 Å². The Hall–Kier alpha value is -2.00. The molecule has 1 heterocycles. The Kier molecular flexibility index (Phi) is 4.34. The molecule has 0 saturated carbocycles. The molecule has 4 heteroatoms. The van der Waals surface area contributed by atoms with Crippen LogP contribution in [0.25, 0.3) is 11.1 Å². The van der Waals surface area contributed by atoms with Gasteiger partial charge < -0.3 is 10.2 Å². The second-order valence-electron chi connectivity index (χ2n) is 5.57. The lowest BCUT2D eigenvalue weighted by Gasteiger charge is -2.31. The number of nitrogens with zero attached hydrogens (tertiary/aromatic N) is 1. The molecule has 1 amide bonds. The average molecular weight is 315 g/mol. The summed E-state index contributed by atoms with van der Waals surface area (Å²) >= 11 is 6.09. The van der Waals surface area contributed by atoms with Crippen LogP contribution in [0.2, 0.25) is 5.02 Å². The van der Waals surface area contributed by atoms with Crippen molar-refractivity contribution in [2.45, 2.75) is 19.8 Å². The summed E-state index contributed by atoms with van der Waals surface area (Å²) in [7, 11) is 0. The molecule has 3 nitrogen and oxygen atoms in total. The van der Waals surface area contributed by atoms with Crippen molar-refractivity contribution in [3.05, 3.63) is 47.5 Å². The van der Waals surface area contributed by atoms with Gasteiger partial charge in [0.2, 0.25) is 5.91 Å². The summed E-state index contributed by atoms with van der Waals surface area (Å²) in [6.45, 7) is 3.48. The minimum Gasteiger partial charge on any atom is -0.361 e. The molecular weight excluding hydrogens is 296 g/mol. The molecule has 0 radical (unpaired) electrons. The lowest BCUT2D eigenvalue weighted by atomic mass is 10.0. The van der Waals surface area contributed by atoms with Crippen LogP contribution in [0.4, 0.5) is 11.4 Å². The van der Waals surface area contributed by atoms with E-state index in [1.165, 1.54) is 0 Å². The molecule has 22 heavy (non-hydrogen) atoms. The van der Waals surface area contributed by atoms with Crippen molar-refractivity contribution in [3.8, 4) is 11.1 Å². The third-order valence-electron chi connectivity index (χ3n) is 3.89. The Morgan fingerprint density at radius 3 is 2.77 bits per heavy atom. The zero-order chi connectivity index (χ0) is 15.5. The monoisotopic (exact) mass is 314 g/mol. The van der Waals surface area contributed by atoms with Gasteiger partial charge in [0.15, 0.2) is 0 Å². The molecule has 2 aromatic rings. The summed E-state index contributed by atoms with van der Waals surface area (Å²) < 4.78 is 0. The first-order chi connectivity index (χ1) is 10.7. The zero-order valence-electron chi connectivity index (χ0n) is 12.6. The van der Waals surface area contributed by atoms with Gasteiger partial charge in [-0.15, -0.1) is 0 Å². The van der Waals surface area contributed by atoms with Crippen LogP contribution >= 0.6 is 11.6 Å². The Morgan fingerprint density at radius 2 is 2.00 bits per heavy atom. The van der Waals surface area contributed by atoms with Gasteiger partial charge in [0.1, 0.15) is 0 Å². The Balaban J connectivity index is 1.98. The molecule has 0 spiro atoms. The van der Waals surface area contributed by atoms with Gasteiger partial charge >= 0.3 is 0 Å². The fraction of sp³-hybridized carbons (Fsp3) is 0.278. The van der Waals surface area contributed by atoms with Crippen LogP contribution in [-0.2, 0) is 4.79 Å². The minimum atomic E-state index is 0.0547. The highest BCUT2D eigenvalue weighted by Crippen LogP contribution is 2.34. The van der Waals surface area contributed by atoms with Gasteiger partial charge in [-0.25, -0.2) is 0 Å². The second kappa shape index (κ2) is 6.41. The summed E-state index contributed by atoms with van der Waals surface area (Å²) in [5.41, 5.74) is 4.17. The van der Waals surface area contributed by atoms with Crippen LogP contribution in [-0.4, -0.2) is 19.0 Å². The van der Waals surface area contributed by atoms with Crippen molar-refractivity contribution < 1.29 is 4.79 Å². The van der Waals surface area contributed by atoms with Crippen LogP contribution in [0.15, 0.2) is 42.5 Å². The average Bonchev–Trinajstić information content (AvgIpc) is 2.52. The number of benzene rings is 2. The molecule has 1 aliphatic heterocycles. The van der Waals surface area contributed by atoms with Crippen molar-refractivity contribution in [2.75, 3.05) is 23.3 Å². The summed E-state index contributed by atoms with van der Waals surface area (Å²) in [5, 5.41) is 3.68. The molecular formula is C18H19ClN2O. The lowest BCUT2D eigenvalue weighted by molar-refractivity contribution is -0.115. The molecule has 0 aromatic heterocycles. The van der Waals surface area contributed by atoms with E-state index in [0.717, 1.165) is 46.9 Å². The van der Waals surface area contributed by atoms with E-state index in [4.69, 9.17) is 11.6 Å². The molecule has 0 bridgehead atoms. The highest BCUT2D eigenvalue weighted by atomic mass is 35.5. The van der Waals surface area contributed by atoms with Crippen LogP contribution in [0, 0.1) is 0 Å². The number of carbonyl (C=O) groups is 1. The fourth-order valence-corrected chi connectivity index (χ4v) is 2.93. The van der Waals surface area contributed by atoms with Crippen molar-refractivity contribution in [1.29, 1.82) is 0 Å². The predicted octanol–water partition coefficient (Wildman–Crippen LogP) is 4.57. The molecule has 3 rings (SSSR count). The first-order valence-electron chi connectivity index (χ1n) is 7.62. The Labute approximate surface area is 135 Å². The summed E-state index contributed by atoms with van der Waals surface area (Å²) in [5.74, 6) is 0.0547. The number of hydrogen-bond acceptors (Lipinski definition) is 2. The van der Waals surface area contributed by atoms with Crippen molar-refractivity contribution in [2.24, 2.45) is 0 Å². The van der Waals surface area contributed by atoms with Gasteiger partial charge in [0.25, 0.3) is 0 Å². The normalized spacial score (nSPS) is 13.7. The van der Waals surface area contributed by atoms with Crippen molar-refractivity contribution >= 4 is 28.9 Å². The zero-order valence-corrected chi connectivity index (χ0v) is 13.4. The van der Waals surface area contributed by atoms with Crippen LogP contribution < -0.4 is 10.2 Å². The van der Waals surface area contributed by atoms with Crippen molar-refractivity contribution in [1.82, 2.24) is 0 Å². The Morgan fingerprint density at radius 1 is 1.18 bits per heavy atom. The number of amides is 1. The van der Waals surface area contributed by atoms with Gasteiger partial charge in [-0.3, -0.25) is 4.79 Å². The third kappa shape index (κ3) is 3.09. The molecule has 0 aliphatic carbocycles. The highest BCUT2D eigenvalue weighted by Gasteiger charge is 2.21. The number of fused-ring (bicyclic) bond motifs is 1. The van der Waals surface area contributed by atoms with Gasteiger partial charge in [-0.2, -0.15) is 0 Å². The summed E-state index contributed by atoms with van der Waals surface area (Å²) in [4.78, 5) is 14.0. The van der Waals surface area contributed by atoms with Crippen molar-refractivity contribution in [3.63, 3.8) is 0 Å². The topological polar surface area (TPSA) is 32.3 Å². The number of carbonyl (C=O) groups excluding carboxylic acids is 1. The largest absolute Gasteiger partial charge is 0.361 e. The van der Waals surface area contributed by atoms with E-state index in [-0.39, 0.29) is 5.91 Å². The SMILES string of the molecule is CCCCN1CC(=O)Nc2ccc(-c3cccc(Cl)c3)cc21. The van der Waals surface area contributed by atoms with E-state index in [9.17, 15) is 4.79 Å². The molecule has 1 N–H and O–H groups in total. The van der Waals surface area contributed by atoms with Gasteiger partial charge in [0.05, 0.1) is 17.9 Å². The molecule has 0 atom stereocenters. The first kappa shape index (κ1) is 14.9. The number of anilines is 2. The predicted molar refractivity (Wildman–Crippen MR) is 92.6 cm³/mol. The molecule has 0 saturated heterocycles. The number of rotatable bonds is 4. The standard InChI is InChI=1S/C18H19ClN2O/c1-2-3-9-21-12-18(22)20-16-8-7-14(11-17(16)21)13-5-4-6-15(19)10-13/h4-8,10-11H,2-3,9,12H2,1H3,(H,20,22). The highest BCUT2D eigenvalue weighted by molar-refractivity contribution is 6.30. The molecule has 0 unspecified atom stereocenters. The van der Waals surface area contributed by atoms with Crippen LogP contribution in [0.1, 0.15) is 19.8 Å². The molecule has 1 aliphatic rings. The van der Waals surface area contributed by atoms with Gasteiger partial charge in [-0.1, -0.05) is 43.1 Å². The van der Waals surface area contributed by atoms with Crippen LogP contribution in [0.3, 0.4) is 0 Å². The van der Waals surface area contributed by atoms with Gasteiger partial charge in [0, 0.05) is 11.6 Å². The van der Waals surface area contributed by atoms with E-state index in [1.807, 2.05) is 36.4 Å². The fourth-order valence-electron chi connectivity index (χ4n) is 2.74. The van der Waals surface area contributed by atoms with Crippen LogP contribution in [0.5, 0.6) is 0 Å². The van der Waals surface area contributed by atoms with E-state index < -0.39 is 0 Å². The van der Waals surface area contributed by atoms with E-state index in [0.29, 0.717) is 6.54 Å². The smallest absolute Gasteiger partial charge is 0.243 e. The maximum absolute atomic E-state index is 11.8. The summed E-state index contributed by atoms with van der Waals surface area (Å²) in [6.07, 6.45) is 2.19. The number of nitrogens with one attached hydrogen (secondary N) is 1. The number of halogens is 1. The molecule has 0 fully saturated rings. The van der Waals surface area contributed by atoms with E-state index >= 15 is 0 Å². The quantitative estimate of drug-likeness (QED) is 0.897. The maximum Gasteiger partial charge on any atom is 0.243 e. The molecule has 2 aromatic carbocycles. The summed E-state index contributed by atoms with van der Waals surface area (Å²) in [6, 6.07) is 14.0. The number of hydrogen-bond donors (Lipinski definition) is 1.